The number of likely N-dealkylation sites (tertiary alicyclic amines) is 1. The van der Waals surface area contributed by atoms with Crippen molar-refractivity contribution in [3.63, 3.8) is 0 Å². The number of fused-ring (bicyclic) bond motifs is 1. The summed E-state index contributed by atoms with van der Waals surface area (Å²) in [5, 5.41) is 10.5. The molecule has 0 radical (unpaired) electrons. The third-order valence-electron chi connectivity index (χ3n) is 4.85. The molecule has 1 aromatic heterocycles. The number of hydrogen-bond donors (Lipinski definition) is 1. The summed E-state index contributed by atoms with van der Waals surface area (Å²) in [4.78, 5) is 31.2. The van der Waals surface area contributed by atoms with Gasteiger partial charge in [0.15, 0.2) is 11.5 Å². The maximum Gasteiger partial charge on any atom is 0.308 e. The number of aromatic nitrogens is 1. The Bertz CT molecular complexity index is 894. The smallest absolute Gasteiger partial charge is 0.308 e. The molecule has 0 saturated carbocycles. The van der Waals surface area contributed by atoms with Gasteiger partial charge in [0.25, 0.3) is 5.91 Å². The van der Waals surface area contributed by atoms with E-state index in [-0.39, 0.29) is 25.2 Å². The Balaban J connectivity index is 1.62. The molecule has 1 amide bonds. The van der Waals surface area contributed by atoms with Crippen molar-refractivity contribution in [1.82, 2.24) is 9.88 Å². The fourth-order valence-corrected chi connectivity index (χ4v) is 4.46. The molecule has 1 N–H and O–H groups in total. The van der Waals surface area contributed by atoms with E-state index in [1.807, 2.05) is 19.1 Å². The SMILES string of the molecule is Cc1nc(C)c(C(=O)N2C[C@H](C(=O)O)[C@@H](c3ccc4c(c3)OCO4)C2)s1. The van der Waals surface area contributed by atoms with Crippen molar-refractivity contribution < 1.29 is 24.2 Å². The van der Waals surface area contributed by atoms with Gasteiger partial charge in [-0.3, -0.25) is 9.59 Å². The fourth-order valence-electron chi connectivity index (χ4n) is 3.57. The second kappa shape index (κ2) is 6.28. The van der Waals surface area contributed by atoms with E-state index in [1.165, 1.54) is 11.3 Å². The zero-order chi connectivity index (χ0) is 18.4. The molecule has 2 atom stereocenters. The van der Waals surface area contributed by atoms with Crippen LogP contribution in [0.3, 0.4) is 0 Å². The summed E-state index contributed by atoms with van der Waals surface area (Å²) >= 11 is 1.35. The number of nitrogens with zero attached hydrogens (tertiary/aromatic N) is 2. The van der Waals surface area contributed by atoms with Gasteiger partial charge in [0.1, 0.15) is 4.88 Å². The molecule has 2 aromatic rings. The number of thiazole rings is 1. The Hall–Kier alpha value is -2.61. The van der Waals surface area contributed by atoms with Gasteiger partial charge in [0, 0.05) is 19.0 Å². The number of carbonyl (C=O) groups is 2. The van der Waals surface area contributed by atoms with E-state index in [4.69, 9.17) is 9.47 Å². The van der Waals surface area contributed by atoms with E-state index in [0.29, 0.717) is 28.6 Å². The molecule has 136 valence electrons. The molecule has 7 nitrogen and oxygen atoms in total. The number of benzene rings is 1. The molecule has 2 aliphatic rings. The van der Waals surface area contributed by atoms with Crippen molar-refractivity contribution in [2.45, 2.75) is 19.8 Å². The van der Waals surface area contributed by atoms with Crippen molar-refractivity contribution in [2.24, 2.45) is 5.92 Å². The zero-order valence-electron chi connectivity index (χ0n) is 14.4. The Morgan fingerprint density at radius 2 is 2.00 bits per heavy atom. The molecule has 0 unspecified atom stereocenters. The minimum Gasteiger partial charge on any atom is -0.481 e. The summed E-state index contributed by atoms with van der Waals surface area (Å²) in [6.45, 7) is 4.36. The van der Waals surface area contributed by atoms with Crippen molar-refractivity contribution >= 4 is 23.2 Å². The number of rotatable bonds is 3. The van der Waals surface area contributed by atoms with E-state index >= 15 is 0 Å². The van der Waals surface area contributed by atoms with Crippen LogP contribution in [0.2, 0.25) is 0 Å². The summed E-state index contributed by atoms with van der Waals surface area (Å²) in [5.41, 5.74) is 1.53. The number of carboxylic acids is 1. The highest BCUT2D eigenvalue weighted by Gasteiger charge is 2.41. The first-order valence-corrected chi connectivity index (χ1v) is 9.11. The molecule has 1 fully saturated rings. The molecular formula is C18H18N2O5S. The van der Waals surface area contributed by atoms with Gasteiger partial charge in [0.2, 0.25) is 6.79 Å². The number of ether oxygens (including phenoxy) is 2. The van der Waals surface area contributed by atoms with Crippen LogP contribution in [-0.4, -0.2) is 46.7 Å². The first-order chi connectivity index (χ1) is 12.4. The summed E-state index contributed by atoms with van der Waals surface area (Å²) in [6, 6.07) is 5.46. The van der Waals surface area contributed by atoms with Gasteiger partial charge in [-0.15, -0.1) is 11.3 Å². The van der Waals surface area contributed by atoms with Gasteiger partial charge in [-0.25, -0.2) is 4.98 Å². The molecule has 26 heavy (non-hydrogen) atoms. The van der Waals surface area contributed by atoms with Crippen LogP contribution in [0.4, 0.5) is 0 Å². The topological polar surface area (TPSA) is 89.0 Å². The minimum absolute atomic E-state index is 0.150. The molecule has 4 rings (SSSR count). The van der Waals surface area contributed by atoms with Crippen LogP contribution in [0.1, 0.15) is 31.9 Å². The standard InChI is InChI=1S/C18H18N2O5S/c1-9-16(26-10(2)19-9)17(21)20-6-12(13(7-20)18(22)23)11-3-4-14-15(5-11)25-8-24-14/h3-5,12-13H,6-8H2,1-2H3,(H,22,23)/t12-,13+/m1/s1. The molecule has 0 aliphatic carbocycles. The largest absolute Gasteiger partial charge is 0.481 e. The predicted molar refractivity (Wildman–Crippen MR) is 93.9 cm³/mol. The van der Waals surface area contributed by atoms with Gasteiger partial charge >= 0.3 is 5.97 Å². The van der Waals surface area contributed by atoms with Gasteiger partial charge in [-0.2, -0.15) is 0 Å². The van der Waals surface area contributed by atoms with Crippen molar-refractivity contribution in [2.75, 3.05) is 19.9 Å². The second-order valence-electron chi connectivity index (χ2n) is 6.52. The average molecular weight is 374 g/mol. The summed E-state index contributed by atoms with van der Waals surface area (Å²) in [7, 11) is 0. The average Bonchev–Trinajstić information content (AvgIpc) is 3.30. The normalized spacial score (nSPS) is 21.2. The molecule has 0 spiro atoms. The van der Waals surface area contributed by atoms with E-state index in [2.05, 4.69) is 4.98 Å². The number of carboxylic acid groups (broad SMARTS) is 1. The highest BCUT2D eigenvalue weighted by atomic mass is 32.1. The van der Waals surface area contributed by atoms with Gasteiger partial charge in [-0.1, -0.05) is 6.07 Å². The van der Waals surface area contributed by atoms with Gasteiger partial charge in [-0.05, 0) is 31.5 Å². The lowest BCUT2D eigenvalue weighted by Crippen LogP contribution is -2.29. The monoisotopic (exact) mass is 374 g/mol. The molecule has 1 aromatic carbocycles. The van der Waals surface area contributed by atoms with Gasteiger partial charge < -0.3 is 19.5 Å². The van der Waals surface area contributed by atoms with E-state index in [9.17, 15) is 14.7 Å². The molecular weight excluding hydrogens is 356 g/mol. The highest BCUT2D eigenvalue weighted by Crippen LogP contribution is 2.40. The third kappa shape index (κ3) is 2.80. The first-order valence-electron chi connectivity index (χ1n) is 8.29. The highest BCUT2D eigenvalue weighted by molar-refractivity contribution is 7.13. The number of aliphatic carboxylic acids is 1. The van der Waals surface area contributed by atoms with E-state index in [1.54, 1.807) is 17.9 Å². The lowest BCUT2D eigenvalue weighted by atomic mass is 9.89. The lowest BCUT2D eigenvalue weighted by Gasteiger charge is -2.16. The second-order valence-corrected chi connectivity index (χ2v) is 7.72. The van der Waals surface area contributed by atoms with E-state index in [0.717, 1.165) is 10.6 Å². The van der Waals surface area contributed by atoms with Crippen molar-refractivity contribution in [1.29, 1.82) is 0 Å². The number of amides is 1. The summed E-state index contributed by atoms with van der Waals surface area (Å²) in [6.07, 6.45) is 0. The Morgan fingerprint density at radius 3 is 2.69 bits per heavy atom. The third-order valence-corrected chi connectivity index (χ3v) is 5.91. The molecule has 2 aliphatic heterocycles. The Kier molecular flexibility index (Phi) is 4.07. The fraction of sp³-hybridized carbons (Fsp3) is 0.389. The van der Waals surface area contributed by atoms with Crippen LogP contribution in [-0.2, 0) is 4.79 Å². The van der Waals surface area contributed by atoms with Crippen LogP contribution >= 0.6 is 11.3 Å². The summed E-state index contributed by atoms with van der Waals surface area (Å²) in [5.74, 6) is -0.732. The predicted octanol–water partition coefficient (Wildman–Crippen LogP) is 2.43. The quantitative estimate of drug-likeness (QED) is 0.888. The zero-order valence-corrected chi connectivity index (χ0v) is 15.2. The summed E-state index contributed by atoms with van der Waals surface area (Å²) < 4.78 is 10.7. The number of hydrogen-bond acceptors (Lipinski definition) is 6. The number of aryl methyl sites for hydroxylation is 2. The van der Waals surface area contributed by atoms with Crippen LogP contribution in [0.5, 0.6) is 11.5 Å². The maximum atomic E-state index is 12.9. The van der Waals surface area contributed by atoms with Crippen molar-refractivity contribution in [3.05, 3.63) is 39.3 Å². The van der Waals surface area contributed by atoms with E-state index < -0.39 is 11.9 Å². The first kappa shape index (κ1) is 16.8. The molecule has 1 saturated heterocycles. The van der Waals surface area contributed by atoms with Crippen LogP contribution < -0.4 is 9.47 Å². The maximum absolute atomic E-state index is 12.9. The van der Waals surface area contributed by atoms with Gasteiger partial charge in [0.05, 0.1) is 16.6 Å². The Labute approximate surface area is 154 Å². The Morgan fingerprint density at radius 1 is 1.23 bits per heavy atom. The van der Waals surface area contributed by atoms with Crippen LogP contribution in [0.25, 0.3) is 0 Å². The lowest BCUT2D eigenvalue weighted by molar-refractivity contribution is -0.141. The molecule has 3 heterocycles. The minimum atomic E-state index is -0.903. The van der Waals surface area contributed by atoms with Crippen LogP contribution in [0.15, 0.2) is 18.2 Å². The van der Waals surface area contributed by atoms with Crippen LogP contribution in [0, 0.1) is 19.8 Å². The molecule has 8 heteroatoms. The van der Waals surface area contributed by atoms with Crippen molar-refractivity contribution in [3.8, 4) is 11.5 Å². The molecule has 0 bridgehead atoms. The number of carbonyl (C=O) groups excluding carboxylic acids is 1.